The van der Waals surface area contributed by atoms with E-state index < -0.39 is 0 Å². The molecule has 0 N–H and O–H groups in total. The molecule has 29 heavy (non-hydrogen) atoms. The van der Waals surface area contributed by atoms with Crippen LogP contribution < -0.4 is 9.47 Å². The molecular formula is C22H24N4O3. The molecule has 0 aliphatic carbocycles. The van der Waals surface area contributed by atoms with E-state index in [1.807, 2.05) is 23.2 Å². The summed E-state index contributed by atoms with van der Waals surface area (Å²) in [6.45, 7) is 3.37. The minimum atomic E-state index is -0.0322. The first kappa shape index (κ1) is 19.0. The van der Waals surface area contributed by atoms with Gasteiger partial charge in [-0.3, -0.25) is 9.78 Å². The van der Waals surface area contributed by atoms with Crippen LogP contribution in [0.4, 0.5) is 0 Å². The summed E-state index contributed by atoms with van der Waals surface area (Å²) in [5, 5.41) is 0. The summed E-state index contributed by atoms with van der Waals surface area (Å²) < 4.78 is 12.9. The molecule has 1 aliphatic rings. The minimum absolute atomic E-state index is 0.0322. The standard InChI is InChI=1S/C22H24N4O3/c1-15-13-24-21(16-6-9-23-10-7-16)26(15)17-8-11-25(14-17)22(27)19-5-4-18(28-2)12-20(19)29-3/h4-7,9-10,12-13,17H,8,11,14H2,1-3H3. The van der Waals surface area contributed by atoms with Gasteiger partial charge in [0.1, 0.15) is 17.3 Å². The second-order valence-electron chi connectivity index (χ2n) is 7.09. The van der Waals surface area contributed by atoms with Gasteiger partial charge in [-0.15, -0.1) is 0 Å². The highest BCUT2D eigenvalue weighted by Gasteiger charge is 2.31. The number of hydrogen-bond acceptors (Lipinski definition) is 5. The zero-order valence-electron chi connectivity index (χ0n) is 16.8. The first-order chi connectivity index (χ1) is 14.1. The van der Waals surface area contributed by atoms with Gasteiger partial charge in [0.05, 0.1) is 25.8 Å². The van der Waals surface area contributed by atoms with E-state index in [2.05, 4.69) is 21.5 Å². The molecule has 1 amide bonds. The highest BCUT2D eigenvalue weighted by Crippen LogP contribution is 2.32. The molecule has 0 radical (unpaired) electrons. The number of hydrogen-bond donors (Lipinski definition) is 0. The third-order valence-electron chi connectivity index (χ3n) is 5.38. The van der Waals surface area contributed by atoms with E-state index in [-0.39, 0.29) is 11.9 Å². The molecule has 3 heterocycles. The number of imidazole rings is 1. The zero-order chi connectivity index (χ0) is 20.4. The van der Waals surface area contributed by atoms with Gasteiger partial charge in [0.15, 0.2) is 0 Å². The summed E-state index contributed by atoms with van der Waals surface area (Å²) in [6.07, 6.45) is 6.29. The summed E-state index contributed by atoms with van der Waals surface area (Å²) in [6, 6.07) is 9.37. The lowest BCUT2D eigenvalue weighted by molar-refractivity contribution is 0.0784. The molecule has 7 heteroatoms. The lowest BCUT2D eigenvalue weighted by atomic mass is 10.1. The highest BCUT2D eigenvalue weighted by atomic mass is 16.5. The van der Waals surface area contributed by atoms with E-state index in [1.165, 1.54) is 0 Å². The van der Waals surface area contributed by atoms with Crippen molar-refractivity contribution in [2.24, 2.45) is 0 Å². The Morgan fingerprint density at radius 3 is 2.66 bits per heavy atom. The largest absolute Gasteiger partial charge is 0.497 e. The lowest BCUT2D eigenvalue weighted by Crippen LogP contribution is -2.29. The van der Waals surface area contributed by atoms with Gasteiger partial charge in [-0.1, -0.05) is 0 Å². The van der Waals surface area contributed by atoms with Gasteiger partial charge >= 0.3 is 0 Å². The van der Waals surface area contributed by atoms with Crippen LogP contribution in [0.5, 0.6) is 11.5 Å². The number of methoxy groups -OCH3 is 2. The first-order valence-corrected chi connectivity index (χ1v) is 9.58. The van der Waals surface area contributed by atoms with Gasteiger partial charge in [-0.25, -0.2) is 4.98 Å². The quantitative estimate of drug-likeness (QED) is 0.666. The van der Waals surface area contributed by atoms with E-state index in [0.29, 0.717) is 30.2 Å². The molecule has 1 saturated heterocycles. The fraction of sp³-hybridized carbons (Fsp3) is 0.318. The summed E-state index contributed by atoms with van der Waals surface area (Å²) in [4.78, 5) is 23.7. The Balaban J connectivity index is 1.58. The van der Waals surface area contributed by atoms with Gasteiger partial charge < -0.3 is 18.9 Å². The van der Waals surface area contributed by atoms with Crippen molar-refractivity contribution in [3.63, 3.8) is 0 Å². The Kier molecular flexibility index (Phi) is 5.20. The monoisotopic (exact) mass is 392 g/mol. The molecule has 1 unspecified atom stereocenters. The molecule has 0 saturated carbocycles. The number of likely N-dealkylation sites (tertiary alicyclic amines) is 1. The van der Waals surface area contributed by atoms with Gasteiger partial charge in [-0.2, -0.15) is 0 Å². The van der Waals surface area contributed by atoms with Gasteiger partial charge in [-0.05, 0) is 37.6 Å². The molecule has 7 nitrogen and oxygen atoms in total. The van der Waals surface area contributed by atoms with Crippen molar-refractivity contribution in [2.45, 2.75) is 19.4 Å². The van der Waals surface area contributed by atoms with Gasteiger partial charge in [0, 0.05) is 49.0 Å². The number of ether oxygens (including phenoxy) is 2. The molecule has 3 aromatic rings. The number of amides is 1. The van der Waals surface area contributed by atoms with Crippen molar-refractivity contribution in [3.8, 4) is 22.9 Å². The fourth-order valence-corrected chi connectivity index (χ4v) is 3.90. The van der Waals surface area contributed by atoms with Crippen LogP contribution in [0.1, 0.15) is 28.5 Å². The number of aromatic nitrogens is 3. The van der Waals surface area contributed by atoms with E-state index in [1.54, 1.807) is 44.8 Å². The molecule has 1 atom stereocenters. The Morgan fingerprint density at radius 1 is 1.14 bits per heavy atom. The number of carbonyl (C=O) groups excluding carboxylic acids is 1. The topological polar surface area (TPSA) is 69.5 Å². The van der Waals surface area contributed by atoms with Crippen LogP contribution in [-0.2, 0) is 0 Å². The van der Waals surface area contributed by atoms with Crippen LogP contribution in [0.2, 0.25) is 0 Å². The van der Waals surface area contributed by atoms with E-state index >= 15 is 0 Å². The van der Waals surface area contributed by atoms with Crippen LogP contribution in [-0.4, -0.2) is 52.7 Å². The molecule has 150 valence electrons. The van der Waals surface area contributed by atoms with Crippen LogP contribution >= 0.6 is 0 Å². The zero-order valence-corrected chi connectivity index (χ0v) is 16.8. The molecule has 0 bridgehead atoms. The van der Waals surface area contributed by atoms with Gasteiger partial charge in [0.25, 0.3) is 5.91 Å². The normalized spacial score (nSPS) is 16.1. The number of carbonyl (C=O) groups is 1. The van der Waals surface area contributed by atoms with Gasteiger partial charge in [0.2, 0.25) is 0 Å². The van der Waals surface area contributed by atoms with E-state index in [0.717, 1.165) is 23.5 Å². The maximum Gasteiger partial charge on any atom is 0.257 e. The Hall–Kier alpha value is -3.35. The average Bonchev–Trinajstić information content (AvgIpc) is 3.40. The Morgan fingerprint density at radius 2 is 1.93 bits per heavy atom. The maximum absolute atomic E-state index is 13.2. The number of pyridine rings is 1. The fourth-order valence-electron chi connectivity index (χ4n) is 3.90. The van der Waals surface area contributed by atoms with Crippen LogP contribution in [0.25, 0.3) is 11.4 Å². The first-order valence-electron chi connectivity index (χ1n) is 9.58. The summed E-state index contributed by atoms with van der Waals surface area (Å²) in [7, 11) is 3.16. The maximum atomic E-state index is 13.2. The third kappa shape index (κ3) is 3.55. The molecule has 2 aromatic heterocycles. The molecule has 0 spiro atoms. The average molecular weight is 392 g/mol. The van der Waals surface area contributed by atoms with Crippen molar-refractivity contribution >= 4 is 5.91 Å². The number of rotatable bonds is 5. The lowest BCUT2D eigenvalue weighted by Gasteiger charge is -2.20. The van der Waals surface area contributed by atoms with Crippen LogP contribution in [0.3, 0.4) is 0 Å². The van der Waals surface area contributed by atoms with Crippen LogP contribution in [0, 0.1) is 6.92 Å². The molecule has 1 aromatic carbocycles. The molecule has 1 fully saturated rings. The van der Waals surface area contributed by atoms with E-state index in [9.17, 15) is 4.79 Å². The van der Waals surface area contributed by atoms with Crippen molar-refractivity contribution in [3.05, 3.63) is 60.2 Å². The molecule has 1 aliphatic heterocycles. The van der Waals surface area contributed by atoms with Crippen molar-refractivity contribution < 1.29 is 14.3 Å². The summed E-state index contributed by atoms with van der Waals surface area (Å²) in [5.41, 5.74) is 2.65. The van der Waals surface area contributed by atoms with Crippen molar-refractivity contribution in [1.82, 2.24) is 19.4 Å². The number of benzene rings is 1. The number of aryl methyl sites for hydroxylation is 1. The second kappa shape index (κ2) is 7.95. The predicted molar refractivity (Wildman–Crippen MR) is 109 cm³/mol. The Labute approximate surface area is 169 Å². The Bertz CT molecular complexity index is 1020. The van der Waals surface area contributed by atoms with E-state index in [4.69, 9.17) is 9.47 Å². The number of nitrogens with zero attached hydrogens (tertiary/aromatic N) is 4. The smallest absolute Gasteiger partial charge is 0.257 e. The van der Waals surface area contributed by atoms with Crippen molar-refractivity contribution in [1.29, 1.82) is 0 Å². The summed E-state index contributed by atoms with van der Waals surface area (Å²) >= 11 is 0. The summed E-state index contributed by atoms with van der Waals surface area (Å²) in [5.74, 6) is 2.06. The molecule has 4 rings (SSSR count). The third-order valence-corrected chi connectivity index (χ3v) is 5.38. The van der Waals surface area contributed by atoms with Crippen LogP contribution in [0.15, 0.2) is 48.9 Å². The minimum Gasteiger partial charge on any atom is -0.497 e. The predicted octanol–water partition coefficient (Wildman–Crippen LogP) is 3.36. The molecular weight excluding hydrogens is 368 g/mol. The highest BCUT2D eigenvalue weighted by molar-refractivity contribution is 5.97. The van der Waals surface area contributed by atoms with Crippen molar-refractivity contribution in [2.75, 3.05) is 27.3 Å². The second-order valence-corrected chi connectivity index (χ2v) is 7.09. The SMILES string of the molecule is COc1ccc(C(=O)N2CCC(n3c(C)cnc3-c3ccncc3)C2)c(OC)c1.